The number of carbonyl (C=O) groups is 3. The van der Waals surface area contributed by atoms with Gasteiger partial charge in [-0.15, -0.1) is 0 Å². The Bertz CT molecular complexity index is 694. The van der Waals surface area contributed by atoms with Gasteiger partial charge >= 0.3 is 11.8 Å². The first-order valence-electron chi connectivity index (χ1n) is 9.57. The van der Waals surface area contributed by atoms with Gasteiger partial charge in [0.05, 0.1) is 0 Å². The van der Waals surface area contributed by atoms with Crippen LogP contribution in [0, 0.1) is 0 Å². The summed E-state index contributed by atoms with van der Waals surface area (Å²) >= 11 is 0. The van der Waals surface area contributed by atoms with Gasteiger partial charge in [-0.3, -0.25) is 14.4 Å². The van der Waals surface area contributed by atoms with Crippen molar-refractivity contribution in [2.45, 2.75) is 64.3 Å². The molecular weight excluding hydrogens is 330 g/mol. The molecule has 3 rings (SSSR count). The molecule has 1 aromatic rings. The molecule has 0 unspecified atom stereocenters. The van der Waals surface area contributed by atoms with Crippen LogP contribution in [0.3, 0.4) is 0 Å². The maximum Gasteiger partial charge on any atom is 0.313 e. The number of aryl methyl sites for hydroxylation is 1. The lowest BCUT2D eigenvalue weighted by Gasteiger charge is -2.29. The van der Waals surface area contributed by atoms with Crippen molar-refractivity contribution in [2.75, 3.05) is 16.8 Å². The van der Waals surface area contributed by atoms with Gasteiger partial charge in [-0.1, -0.05) is 31.7 Å². The monoisotopic (exact) mass is 357 g/mol. The van der Waals surface area contributed by atoms with Crippen LogP contribution in [-0.2, 0) is 20.8 Å². The third kappa shape index (κ3) is 4.42. The third-order valence-electron chi connectivity index (χ3n) is 5.24. The quantitative estimate of drug-likeness (QED) is 0.631. The van der Waals surface area contributed by atoms with Crippen molar-refractivity contribution in [3.05, 3.63) is 23.8 Å². The Labute approximate surface area is 154 Å². The number of hydrogen-bond acceptors (Lipinski definition) is 3. The average molecular weight is 357 g/mol. The van der Waals surface area contributed by atoms with E-state index in [4.69, 9.17) is 0 Å². The first-order valence-corrected chi connectivity index (χ1v) is 9.57. The predicted molar refractivity (Wildman–Crippen MR) is 101 cm³/mol. The van der Waals surface area contributed by atoms with Gasteiger partial charge in [0.1, 0.15) is 0 Å². The highest BCUT2D eigenvalue weighted by atomic mass is 16.2. The van der Waals surface area contributed by atoms with Crippen molar-refractivity contribution in [3.63, 3.8) is 0 Å². The number of carbonyl (C=O) groups excluding carboxylic acids is 3. The van der Waals surface area contributed by atoms with E-state index < -0.39 is 11.8 Å². The number of fused-ring (bicyclic) bond motifs is 1. The van der Waals surface area contributed by atoms with Gasteiger partial charge in [-0.05, 0) is 43.4 Å². The minimum absolute atomic E-state index is 0.0134. The zero-order chi connectivity index (χ0) is 18.5. The van der Waals surface area contributed by atoms with Crippen LogP contribution >= 0.6 is 0 Å². The van der Waals surface area contributed by atoms with Gasteiger partial charge in [0.2, 0.25) is 5.91 Å². The average Bonchev–Trinajstić information content (AvgIpc) is 2.89. The van der Waals surface area contributed by atoms with E-state index >= 15 is 0 Å². The standard InChI is InChI=1S/C20H27N3O3/c1-14(24)23-12-6-7-15-10-11-17(13-18(15)23)22-20(26)19(25)21-16-8-4-2-3-5-9-16/h10-11,13,16H,2-9,12H2,1H3,(H,21,25)(H,22,26). The molecule has 0 saturated heterocycles. The van der Waals surface area contributed by atoms with E-state index in [1.807, 2.05) is 6.07 Å². The maximum absolute atomic E-state index is 12.3. The molecule has 26 heavy (non-hydrogen) atoms. The minimum Gasteiger partial charge on any atom is -0.345 e. The number of nitrogens with one attached hydrogen (secondary N) is 2. The lowest BCUT2D eigenvalue weighted by molar-refractivity contribution is -0.136. The summed E-state index contributed by atoms with van der Waals surface area (Å²) in [4.78, 5) is 38.0. The van der Waals surface area contributed by atoms with Crippen molar-refractivity contribution < 1.29 is 14.4 Å². The summed E-state index contributed by atoms with van der Waals surface area (Å²) in [5.74, 6) is -1.25. The van der Waals surface area contributed by atoms with Crippen LogP contribution in [0.2, 0.25) is 0 Å². The molecule has 6 nitrogen and oxygen atoms in total. The van der Waals surface area contributed by atoms with Crippen LogP contribution in [0.4, 0.5) is 11.4 Å². The third-order valence-corrected chi connectivity index (χ3v) is 5.24. The van der Waals surface area contributed by atoms with Crippen molar-refractivity contribution in [2.24, 2.45) is 0 Å². The van der Waals surface area contributed by atoms with E-state index in [0.29, 0.717) is 12.2 Å². The summed E-state index contributed by atoms with van der Waals surface area (Å²) in [5.41, 5.74) is 2.45. The topological polar surface area (TPSA) is 78.5 Å². The van der Waals surface area contributed by atoms with Crippen molar-refractivity contribution >= 4 is 29.1 Å². The summed E-state index contributed by atoms with van der Waals surface area (Å²) in [6.07, 6.45) is 8.30. The molecule has 1 aliphatic carbocycles. The van der Waals surface area contributed by atoms with Crippen LogP contribution in [0.1, 0.15) is 57.4 Å². The Kier molecular flexibility index (Phi) is 5.91. The van der Waals surface area contributed by atoms with Crippen LogP contribution in [0.15, 0.2) is 18.2 Å². The number of amides is 3. The Morgan fingerprint density at radius 1 is 1.00 bits per heavy atom. The summed E-state index contributed by atoms with van der Waals surface area (Å²) in [6, 6.07) is 5.59. The molecule has 0 aromatic heterocycles. The molecule has 0 bridgehead atoms. The number of benzene rings is 1. The molecule has 2 aliphatic rings. The fourth-order valence-electron chi connectivity index (χ4n) is 3.84. The highest BCUT2D eigenvalue weighted by molar-refractivity contribution is 6.39. The number of hydrogen-bond donors (Lipinski definition) is 2. The van der Waals surface area contributed by atoms with E-state index in [-0.39, 0.29) is 11.9 Å². The van der Waals surface area contributed by atoms with Gasteiger partial charge < -0.3 is 15.5 Å². The van der Waals surface area contributed by atoms with Gasteiger partial charge in [0.25, 0.3) is 0 Å². The smallest absolute Gasteiger partial charge is 0.313 e. The largest absolute Gasteiger partial charge is 0.345 e. The molecule has 0 atom stereocenters. The molecule has 1 aliphatic heterocycles. The number of nitrogens with zero attached hydrogens (tertiary/aromatic N) is 1. The van der Waals surface area contributed by atoms with Gasteiger partial charge in [-0.2, -0.15) is 0 Å². The second kappa shape index (κ2) is 8.34. The molecule has 1 saturated carbocycles. The van der Waals surface area contributed by atoms with Gasteiger partial charge in [0, 0.05) is 30.9 Å². The maximum atomic E-state index is 12.3. The van der Waals surface area contributed by atoms with Crippen LogP contribution in [-0.4, -0.2) is 30.3 Å². The fraction of sp³-hybridized carbons (Fsp3) is 0.550. The first kappa shape index (κ1) is 18.4. The zero-order valence-electron chi connectivity index (χ0n) is 15.3. The Balaban J connectivity index is 1.64. The van der Waals surface area contributed by atoms with E-state index in [2.05, 4.69) is 10.6 Å². The second-order valence-corrected chi connectivity index (χ2v) is 7.23. The molecule has 0 spiro atoms. The molecular formula is C20H27N3O3. The molecule has 2 N–H and O–H groups in total. The van der Waals surface area contributed by atoms with Crippen LogP contribution in [0.25, 0.3) is 0 Å². The van der Waals surface area contributed by atoms with Crippen LogP contribution in [0.5, 0.6) is 0 Å². The molecule has 140 valence electrons. The SMILES string of the molecule is CC(=O)N1CCCc2ccc(NC(=O)C(=O)NC3CCCCCC3)cc21. The molecule has 0 radical (unpaired) electrons. The summed E-state index contributed by atoms with van der Waals surface area (Å²) in [5, 5.41) is 5.52. The lowest BCUT2D eigenvalue weighted by Crippen LogP contribution is -2.41. The van der Waals surface area contributed by atoms with E-state index in [9.17, 15) is 14.4 Å². The second-order valence-electron chi connectivity index (χ2n) is 7.23. The number of anilines is 2. The fourth-order valence-corrected chi connectivity index (χ4v) is 3.84. The van der Waals surface area contributed by atoms with Crippen molar-refractivity contribution in [3.8, 4) is 0 Å². The molecule has 6 heteroatoms. The zero-order valence-corrected chi connectivity index (χ0v) is 15.3. The van der Waals surface area contributed by atoms with Crippen LogP contribution < -0.4 is 15.5 Å². The Morgan fingerprint density at radius 3 is 2.42 bits per heavy atom. The highest BCUT2D eigenvalue weighted by Gasteiger charge is 2.22. The normalized spacial score (nSPS) is 17.8. The predicted octanol–water partition coefficient (Wildman–Crippen LogP) is 2.76. The molecule has 1 aromatic carbocycles. The summed E-state index contributed by atoms with van der Waals surface area (Å²) < 4.78 is 0. The Morgan fingerprint density at radius 2 is 1.73 bits per heavy atom. The molecule has 1 fully saturated rings. The van der Waals surface area contributed by atoms with E-state index in [1.54, 1.807) is 24.0 Å². The molecule has 3 amide bonds. The van der Waals surface area contributed by atoms with Crippen molar-refractivity contribution in [1.82, 2.24) is 5.32 Å². The molecule has 1 heterocycles. The van der Waals surface area contributed by atoms with Crippen molar-refractivity contribution in [1.29, 1.82) is 0 Å². The highest BCUT2D eigenvalue weighted by Crippen LogP contribution is 2.30. The first-order chi connectivity index (χ1) is 12.5. The summed E-state index contributed by atoms with van der Waals surface area (Å²) in [6.45, 7) is 2.22. The van der Waals surface area contributed by atoms with Gasteiger partial charge in [-0.25, -0.2) is 0 Å². The van der Waals surface area contributed by atoms with Gasteiger partial charge in [0.15, 0.2) is 0 Å². The Hall–Kier alpha value is -2.37. The number of rotatable bonds is 2. The summed E-state index contributed by atoms with van der Waals surface area (Å²) in [7, 11) is 0. The van der Waals surface area contributed by atoms with E-state index in [0.717, 1.165) is 49.8 Å². The lowest BCUT2D eigenvalue weighted by atomic mass is 10.0. The van der Waals surface area contributed by atoms with E-state index in [1.165, 1.54) is 12.8 Å². The minimum atomic E-state index is -0.653.